The molecule has 6 heteroatoms. The second-order valence-electron chi connectivity index (χ2n) is 6.22. The second kappa shape index (κ2) is 8.15. The van der Waals surface area contributed by atoms with Crippen LogP contribution in [-0.2, 0) is 16.1 Å². The topological polar surface area (TPSA) is 60.3 Å². The number of esters is 1. The van der Waals surface area contributed by atoms with Gasteiger partial charge in [-0.05, 0) is 37.3 Å². The van der Waals surface area contributed by atoms with Gasteiger partial charge in [0.25, 0.3) is 5.91 Å². The summed E-state index contributed by atoms with van der Waals surface area (Å²) in [6, 6.07) is 5.90. The van der Waals surface area contributed by atoms with Crippen molar-refractivity contribution in [3.05, 3.63) is 45.4 Å². The number of nitrogens with one attached hydrogen (secondary N) is 1. The SMILES string of the molecule is Cc1cc(C(=O)OCC(=O)NCC(C)C)c(C)n1Cc1cccs1. The van der Waals surface area contributed by atoms with Gasteiger partial charge in [0.15, 0.2) is 6.61 Å². The van der Waals surface area contributed by atoms with Gasteiger partial charge in [-0.15, -0.1) is 11.3 Å². The minimum Gasteiger partial charge on any atom is -0.452 e. The van der Waals surface area contributed by atoms with Crippen molar-refractivity contribution in [2.45, 2.75) is 34.2 Å². The Kier molecular flexibility index (Phi) is 6.20. The van der Waals surface area contributed by atoms with E-state index < -0.39 is 5.97 Å². The molecule has 1 N–H and O–H groups in total. The second-order valence-corrected chi connectivity index (χ2v) is 7.26. The molecule has 24 heavy (non-hydrogen) atoms. The molecule has 0 radical (unpaired) electrons. The first-order chi connectivity index (χ1) is 11.4. The highest BCUT2D eigenvalue weighted by molar-refractivity contribution is 7.09. The van der Waals surface area contributed by atoms with Gasteiger partial charge in [0.05, 0.1) is 12.1 Å². The Morgan fingerprint density at radius 2 is 2.08 bits per heavy atom. The van der Waals surface area contributed by atoms with E-state index >= 15 is 0 Å². The molecule has 2 heterocycles. The minimum absolute atomic E-state index is 0.250. The number of carbonyl (C=O) groups excluding carboxylic acids is 2. The Balaban J connectivity index is 1.98. The molecule has 0 atom stereocenters. The molecule has 2 aromatic heterocycles. The van der Waals surface area contributed by atoms with Crippen molar-refractivity contribution in [2.75, 3.05) is 13.2 Å². The molecule has 2 rings (SSSR count). The number of thiophene rings is 1. The number of nitrogens with zero attached hydrogens (tertiary/aromatic N) is 1. The molecule has 1 amide bonds. The molecular formula is C18H24N2O3S. The first kappa shape index (κ1) is 18.3. The molecule has 0 spiro atoms. The highest BCUT2D eigenvalue weighted by Gasteiger charge is 2.18. The summed E-state index contributed by atoms with van der Waals surface area (Å²) in [7, 11) is 0. The van der Waals surface area contributed by atoms with Gasteiger partial charge in [-0.25, -0.2) is 4.79 Å². The van der Waals surface area contributed by atoms with Crippen LogP contribution in [0.25, 0.3) is 0 Å². The van der Waals surface area contributed by atoms with E-state index in [-0.39, 0.29) is 12.5 Å². The van der Waals surface area contributed by atoms with Gasteiger partial charge in [-0.3, -0.25) is 4.79 Å². The average molecular weight is 348 g/mol. The van der Waals surface area contributed by atoms with Crippen molar-refractivity contribution >= 4 is 23.2 Å². The number of rotatable bonds is 7. The smallest absolute Gasteiger partial charge is 0.340 e. The summed E-state index contributed by atoms with van der Waals surface area (Å²) in [5.74, 6) is -0.370. The van der Waals surface area contributed by atoms with E-state index in [1.54, 1.807) is 11.3 Å². The zero-order chi connectivity index (χ0) is 17.7. The molecule has 0 aliphatic carbocycles. The van der Waals surface area contributed by atoms with Gasteiger partial charge in [0.1, 0.15) is 0 Å². The monoisotopic (exact) mass is 348 g/mol. The lowest BCUT2D eigenvalue weighted by Crippen LogP contribution is -2.31. The molecule has 0 saturated heterocycles. The molecular weight excluding hydrogens is 324 g/mol. The van der Waals surface area contributed by atoms with Gasteiger partial charge in [-0.1, -0.05) is 19.9 Å². The molecule has 5 nitrogen and oxygen atoms in total. The van der Waals surface area contributed by atoms with Crippen LogP contribution in [0.3, 0.4) is 0 Å². The van der Waals surface area contributed by atoms with Crippen LogP contribution in [0.4, 0.5) is 0 Å². The summed E-state index contributed by atoms with van der Waals surface area (Å²) >= 11 is 1.68. The van der Waals surface area contributed by atoms with Crippen LogP contribution < -0.4 is 5.32 Å². The predicted octanol–water partition coefficient (Wildman–Crippen LogP) is 3.14. The zero-order valence-electron chi connectivity index (χ0n) is 14.6. The average Bonchev–Trinajstić information content (AvgIpc) is 3.14. The molecule has 0 saturated carbocycles. The third-order valence-corrected chi connectivity index (χ3v) is 4.59. The summed E-state index contributed by atoms with van der Waals surface area (Å²) in [4.78, 5) is 25.1. The Morgan fingerprint density at radius 3 is 2.71 bits per heavy atom. The maximum absolute atomic E-state index is 12.3. The van der Waals surface area contributed by atoms with E-state index in [0.29, 0.717) is 18.0 Å². The fourth-order valence-electron chi connectivity index (χ4n) is 2.39. The molecule has 130 valence electrons. The fraction of sp³-hybridized carbons (Fsp3) is 0.444. The first-order valence-electron chi connectivity index (χ1n) is 8.01. The summed E-state index contributed by atoms with van der Waals surface area (Å²) in [6.07, 6.45) is 0. The standard InChI is InChI=1S/C18H24N2O3S/c1-12(2)9-19-17(21)11-23-18(22)16-8-13(3)20(14(16)4)10-15-6-5-7-24-15/h5-8,12H,9-11H2,1-4H3,(H,19,21). The number of hydrogen-bond donors (Lipinski definition) is 1. The lowest BCUT2D eigenvalue weighted by Gasteiger charge is -2.09. The van der Waals surface area contributed by atoms with Crippen LogP contribution in [0.2, 0.25) is 0 Å². The van der Waals surface area contributed by atoms with Crippen molar-refractivity contribution in [1.82, 2.24) is 9.88 Å². The molecule has 0 aliphatic heterocycles. The number of amides is 1. The molecule has 0 fully saturated rings. The van der Waals surface area contributed by atoms with Crippen molar-refractivity contribution in [3.8, 4) is 0 Å². The molecule has 0 bridgehead atoms. The highest BCUT2D eigenvalue weighted by atomic mass is 32.1. The number of ether oxygens (including phenoxy) is 1. The molecule has 0 aliphatic rings. The molecule has 0 aromatic carbocycles. The summed E-state index contributed by atoms with van der Waals surface area (Å²) in [5.41, 5.74) is 2.37. The Labute approximate surface area is 146 Å². The van der Waals surface area contributed by atoms with Crippen LogP contribution in [-0.4, -0.2) is 29.6 Å². The van der Waals surface area contributed by atoms with Crippen molar-refractivity contribution in [3.63, 3.8) is 0 Å². The fourth-order valence-corrected chi connectivity index (χ4v) is 3.08. The summed E-state index contributed by atoms with van der Waals surface area (Å²) in [6.45, 7) is 8.94. The number of hydrogen-bond acceptors (Lipinski definition) is 4. The third kappa shape index (κ3) is 4.71. The summed E-state index contributed by atoms with van der Waals surface area (Å²) in [5, 5.41) is 4.77. The first-order valence-corrected chi connectivity index (χ1v) is 8.89. The maximum Gasteiger partial charge on any atom is 0.340 e. The van der Waals surface area contributed by atoms with E-state index in [9.17, 15) is 9.59 Å². The zero-order valence-corrected chi connectivity index (χ0v) is 15.4. The van der Waals surface area contributed by atoms with Gasteiger partial charge in [-0.2, -0.15) is 0 Å². The van der Waals surface area contributed by atoms with Gasteiger partial charge >= 0.3 is 5.97 Å². The van der Waals surface area contributed by atoms with Crippen molar-refractivity contribution in [2.24, 2.45) is 5.92 Å². The highest BCUT2D eigenvalue weighted by Crippen LogP contribution is 2.20. The van der Waals surface area contributed by atoms with Gasteiger partial charge < -0.3 is 14.6 Å². The maximum atomic E-state index is 12.3. The van der Waals surface area contributed by atoms with Crippen molar-refractivity contribution in [1.29, 1.82) is 0 Å². The minimum atomic E-state index is -0.458. The van der Waals surface area contributed by atoms with E-state index in [4.69, 9.17) is 4.74 Å². The van der Waals surface area contributed by atoms with Gasteiger partial charge in [0.2, 0.25) is 0 Å². The Morgan fingerprint density at radius 1 is 1.33 bits per heavy atom. The van der Waals surface area contributed by atoms with Crippen LogP contribution in [0.5, 0.6) is 0 Å². The van der Waals surface area contributed by atoms with Crippen LogP contribution in [0.1, 0.15) is 40.5 Å². The van der Waals surface area contributed by atoms with Gasteiger partial charge in [0, 0.05) is 22.8 Å². The third-order valence-electron chi connectivity index (χ3n) is 3.73. The van der Waals surface area contributed by atoms with E-state index in [1.165, 1.54) is 4.88 Å². The normalized spacial score (nSPS) is 10.9. The number of aromatic nitrogens is 1. The largest absolute Gasteiger partial charge is 0.452 e. The number of aryl methyl sites for hydroxylation is 1. The quantitative estimate of drug-likeness (QED) is 0.782. The lowest BCUT2D eigenvalue weighted by atomic mass is 10.2. The Bertz CT molecular complexity index is 702. The lowest BCUT2D eigenvalue weighted by molar-refractivity contribution is -0.124. The summed E-state index contributed by atoms with van der Waals surface area (Å²) < 4.78 is 7.23. The van der Waals surface area contributed by atoms with E-state index in [1.807, 2.05) is 45.2 Å². The van der Waals surface area contributed by atoms with E-state index in [2.05, 4.69) is 16.0 Å². The number of carbonyl (C=O) groups is 2. The van der Waals surface area contributed by atoms with Crippen LogP contribution in [0.15, 0.2) is 23.6 Å². The van der Waals surface area contributed by atoms with Crippen LogP contribution >= 0.6 is 11.3 Å². The van der Waals surface area contributed by atoms with Crippen LogP contribution in [0, 0.1) is 19.8 Å². The Hall–Kier alpha value is -2.08. The van der Waals surface area contributed by atoms with E-state index in [0.717, 1.165) is 17.9 Å². The molecule has 2 aromatic rings. The van der Waals surface area contributed by atoms with Crippen molar-refractivity contribution < 1.29 is 14.3 Å². The molecule has 0 unspecified atom stereocenters. The predicted molar refractivity (Wildman–Crippen MR) is 95.5 cm³/mol.